The Hall–Kier alpha value is -1.26. The largest absolute Gasteiger partial charge is 0.380 e. The highest BCUT2D eigenvalue weighted by atomic mass is 32.1. The van der Waals surface area contributed by atoms with Crippen molar-refractivity contribution < 1.29 is 5.11 Å². The number of thiazole rings is 1. The minimum atomic E-state index is -0.693. The molecule has 0 radical (unpaired) electrons. The fourth-order valence-corrected chi connectivity index (χ4v) is 1.67. The Morgan fingerprint density at radius 3 is 2.77 bits per heavy atom. The van der Waals surface area contributed by atoms with Crippen LogP contribution >= 0.6 is 11.3 Å². The second kappa shape index (κ2) is 3.64. The predicted molar refractivity (Wildman–Crippen MR) is 50.4 cm³/mol. The monoisotopic (exact) mass is 192 g/mol. The first kappa shape index (κ1) is 8.34. The van der Waals surface area contributed by atoms with Crippen LogP contribution in [0.2, 0.25) is 0 Å². The maximum atomic E-state index is 9.77. The van der Waals surface area contributed by atoms with Gasteiger partial charge in [-0.15, -0.1) is 11.3 Å². The van der Waals surface area contributed by atoms with Crippen molar-refractivity contribution in [3.05, 3.63) is 46.7 Å². The van der Waals surface area contributed by atoms with Crippen molar-refractivity contribution in [2.75, 3.05) is 0 Å². The van der Waals surface area contributed by atoms with Crippen LogP contribution in [0.25, 0.3) is 0 Å². The van der Waals surface area contributed by atoms with Crippen LogP contribution in [0, 0.1) is 0 Å². The molecule has 0 aliphatic rings. The fourth-order valence-electron chi connectivity index (χ4n) is 1.03. The van der Waals surface area contributed by atoms with Crippen molar-refractivity contribution in [2.24, 2.45) is 0 Å². The number of aliphatic hydroxyl groups excluding tert-OH is 1. The van der Waals surface area contributed by atoms with E-state index in [1.165, 1.54) is 11.3 Å². The Balaban J connectivity index is 2.29. The lowest BCUT2D eigenvalue weighted by Crippen LogP contribution is -2.00. The van der Waals surface area contributed by atoms with E-state index in [1.807, 2.05) is 17.5 Å². The van der Waals surface area contributed by atoms with E-state index in [9.17, 15) is 5.11 Å². The Labute approximate surface area is 79.7 Å². The molecule has 0 bridgehead atoms. The molecular formula is C9H8N2OS. The van der Waals surface area contributed by atoms with E-state index in [0.29, 0.717) is 10.7 Å². The topological polar surface area (TPSA) is 46.0 Å². The van der Waals surface area contributed by atoms with E-state index in [2.05, 4.69) is 9.97 Å². The molecule has 0 fully saturated rings. The first-order valence-electron chi connectivity index (χ1n) is 3.86. The van der Waals surface area contributed by atoms with Gasteiger partial charge in [0, 0.05) is 17.8 Å². The molecule has 66 valence electrons. The van der Waals surface area contributed by atoms with Crippen molar-refractivity contribution in [1.29, 1.82) is 0 Å². The third-order valence-electron chi connectivity index (χ3n) is 1.65. The average Bonchev–Trinajstić information content (AvgIpc) is 2.71. The molecule has 2 heterocycles. The van der Waals surface area contributed by atoms with Gasteiger partial charge in [-0.2, -0.15) is 0 Å². The molecule has 0 spiro atoms. The lowest BCUT2D eigenvalue weighted by molar-refractivity contribution is 0.215. The summed E-state index contributed by atoms with van der Waals surface area (Å²) < 4.78 is 0. The van der Waals surface area contributed by atoms with Crippen molar-refractivity contribution in [3.8, 4) is 0 Å². The van der Waals surface area contributed by atoms with Crippen LogP contribution in [0.15, 0.2) is 36.0 Å². The summed E-state index contributed by atoms with van der Waals surface area (Å²) in [5.41, 5.74) is 0.637. The summed E-state index contributed by atoms with van der Waals surface area (Å²) in [5, 5.41) is 12.3. The lowest BCUT2D eigenvalue weighted by Gasteiger charge is -2.04. The number of rotatable bonds is 2. The first-order chi connectivity index (χ1) is 6.38. The average molecular weight is 192 g/mol. The van der Waals surface area contributed by atoms with Crippen molar-refractivity contribution in [2.45, 2.75) is 6.10 Å². The van der Waals surface area contributed by atoms with Gasteiger partial charge in [-0.05, 0) is 12.1 Å². The van der Waals surface area contributed by atoms with Crippen LogP contribution in [0.1, 0.15) is 16.8 Å². The highest BCUT2D eigenvalue weighted by Crippen LogP contribution is 2.20. The predicted octanol–water partition coefficient (Wildman–Crippen LogP) is 1.62. The van der Waals surface area contributed by atoms with Crippen LogP contribution in [0.5, 0.6) is 0 Å². The van der Waals surface area contributed by atoms with E-state index in [0.717, 1.165) is 0 Å². The molecule has 1 atom stereocenters. The Kier molecular flexibility index (Phi) is 2.33. The minimum absolute atomic E-state index is 0.637. The molecule has 1 N–H and O–H groups in total. The Bertz CT molecular complexity index is 360. The van der Waals surface area contributed by atoms with Gasteiger partial charge in [-0.25, -0.2) is 4.98 Å². The van der Waals surface area contributed by atoms with Crippen molar-refractivity contribution >= 4 is 11.3 Å². The van der Waals surface area contributed by atoms with Crippen LogP contribution < -0.4 is 0 Å². The van der Waals surface area contributed by atoms with E-state index in [-0.39, 0.29) is 0 Å². The lowest BCUT2D eigenvalue weighted by atomic mass is 10.2. The van der Waals surface area contributed by atoms with Gasteiger partial charge in [0.25, 0.3) is 0 Å². The second-order valence-electron chi connectivity index (χ2n) is 2.53. The summed E-state index contributed by atoms with van der Waals surface area (Å²) in [4.78, 5) is 8.07. The van der Waals surface area contributed by atoms with Crippen molar-refractivity contribution in [1.82, 2.24) is 9.97 Å². The molecule has 0 aliphatic heterocycles. The standard InChI is InChI=1S/C9H8N2OS/c12-8(9-11-5-6-13-9)7-3-1-2-4-10-7/h1-6,8,12H. The molecule has 0 amide bonds. The molecule has 0 aliphatic carbocycles. The second-order valence-corrected chi connectivity index (χ2v) is 3.45. The zero-order chi connectivity index (χ0) is 9.10. The summed E-state index contributed by atoms with van der Waals surface area (Å²) in [6.45, 7) is 0. The molecule has 1 unspecified atom stereocenters. The molecule has 2 aromatic rings. The van der Waals surface area contributed by atoms with E-state index >= 15 is 0 Å². The van der Waals surface area contributed by atoms with Gasteiger partial charge in [0.05, 0.1) is 5.69 Å². The third-order valence-corrected chi connectivity index (χ3v) is 2.48. The summed E-state index contributed by atoms with van der Waals surface area (Å²) in [6, 6.07) is 5.45. The maximum Gasteiger partial charge on any atom is 0.147 e. The number of hydrogen-bond donors (Lipinski definition) is 1. The van der Waals surface area contributed by atoms with Gasteiger partial charge in [0.15, 0.2) is 0 Å². The summed E-state index contributed by atoms with van der Waals surface area (Å²) in [6.07, 6.45) is 2.64. The van der Waals surface area contributed by atoms with Crippen LogP contribution in [0.4, 0.5) is 0 Å². The number of hydrogen-bond acceptors (Lipinski definition) is 4. The normalized spacial score (nSPS) is 12.7. The maximum absolute atomic E-state index is 9.77. The zero-order valence-electron chi connectivity index (χ0n) is 6.79. The van der Waals surface area contributed by atoms with Crippen LogP contribution in [0.3, 0.4) is 0 Å². The van der Waals surface area contributed by atoms with E-state index in [4.69, 9.17) is 0 Å². The summed E-state index contributed by atoms with van der Waals surface area (Å²) in [7, 11) is 0. The first-order valence-corrected chi connectivity index (χ1v) is 4.74. The van der Waals surface area contributed by atoms with Gasteiger partial charge in [0.1, 0.15) is 11.1 Å². The molecule has 4 heteroatoms. The van der Waals surface area contributed by atoms with Gasteiger partial charge in [-0.3, -0.25) is 4.98 Å². The molecule has 2 rings (SSSR count). The van der Waals surface area contributed by atoms with Crippen LogP contribution in [-0.2, 0) is 0 Å². The van der Waals surface area contributed by atoms with Gasteiger partial charge in [-0.1, -0.05) is 6.07 Å². The highest BCUT2D eigenvalue weighted by molar-refractivity contribution is 7.09. The summed E-state index contributed by atoms with van der Waals surface area (Å²) >= 11 is 1.42. The molecule has 0 saturated heterocycles. The van der Waals surface area contributed by atoms with E-state index < -0.39 is 6.10 Å². The Morgan fingerprint density at radius 2 is 2.15 bits per heavy atom. The SMILES string of the molecule is OC(c1ccccn1)c1nccs1. The van der Waals surface area contributed by atoms with Crippen LogP contribution in [-0.4, -0.2) is 15.1 Å². The van der Waals surface area contributed by atoms with Crippen molar-refractivity contribution in [3.63, 3.8) is 0 Å². The zero-order valence-corrected chi connectivity index (χ0v) is 7.61. The number of aliphatic hydroxyl groups is 1. The molecule has 3 nitrogen and oxygen atoms in total. The molecule has 0 saturated carbocycles. The molecular weight excluding hydrogens is 184 g/mol. The quantitative estimate of drug-likeness (QED) is 0.786. The fraction of sp³-hybridized carbons (Fsp3) is 0.111. The smallest absolute Gasteiger partial charge is 0.147 e. The third kappa shape index (κ3) is 1.74. The number of aromatic nitrogens is 2. The van der Waals surface area contributed by atoms with Gasteiger partial charge < -0.3 is 5.11 Å². The van der Waals surface area contributed by atoms with Gasteiger partial charge >= 0.3 is 0 Å². The Morgan fingerprint density at radius 1 is 1.23 bits per heavy atom. The van der Waals surface area contributed by atoms with Gasteiger partial charge in [0.2, 0.25) is 0 Å². The molecule has 2 aromatic heterocycles. The minimum Gasteiger partial charge on any atom is -0.380 e. The number of nitrogens with zero attached hydrogens (tertiary/aromatic N) is 2. The molecule has 0 aromatic carbocycles. The summed E-state index contributed by atoms with van der Waals surface area (Å²) in [5.74, 6) is 0. The van der Waals surface area contributed by atoms with E-state index in [1.54, 1.807) is 18.5 Å². The highest BCUT2D eigenvalue weighted by Gasteiger charge is 2.12. The number of pyridine rings is 1. The molecule has 13 heavy (non-hydrogen) atoms.